The number of rotatable bonds is 7. The first kappa shape index (κ1) is 15.3. The molecule has 0 radical (unpaired) electrons. The number of anilines is 1. The number of nitrogens with one attached hydrogen (secondary N) is 1. The number of benzene rings is 2. The van der Waals surface area contributed by atoms with E-state index < -0.39 is 0 Å². The van der Waals surface area contributed by atoms with Gasteiger partial charge in [0.25, 0.3) is 0 Å². The predicted octanol–water partition coefficient (Wildman–Crippen LogP) is 3.03. The summed E-state index contributed by atoms with van der Waals surface area (Å²) in [5, 5.41) is 11.1. The van der Waals surface area contributed by atoms with Crippen LogP contribution in [0.1, 0.15) is 11.5 Å². The number of para-hydroxylation sites is 2. The zero-order chi connectivity index (χ0) is 16.9. The molecule has 7 nitrogen and oxygen atoms in total. The Labute approximate surface area is 144 Å². The lowest BCUT2D eigenvalue weighted by Gasteiger charge is -2.05. The van der Waals surface area contributed by atoms with Crippen molar-refractivity contribution >= 4 is 6.01 Å². The number of hydrogen-bond donors (Lipinski definition) is 1. The van der Waals surface area contributed by atoms with Crippen molar-refractivity contribution in [3.05, 3.63) is 60.0 Å². The zero-order valence-electron chi connectivity index (χ0n) is 13.5. The summed E-state index contributed by atoms with van der Waals surface area (Å²) >= 11 is 0. The summed E-state index contributed by atoms with van der Waals surface area (Å²) in [6, 6.07) is 15.8. The Balaban J connectivity index is 1.29. The molecular formula is C18H17N3O4. The lowest BCUT2D eigenvalue weighted by Crippen LogP contribution is -2.01. The van der Waals surface area contributed by atoms with Crippen molar-refractivity contribution < 1.29 is 18.6 Å². The largest absolute Gasteiger partial charge is 0.493 e. The second-order valence-corrected chi connectivity index (χ2v) is 5.42. The van der Waals surface area contributed by atoms with Crippen LogP contribution in [0.3, 0.4) is 0 Å². The smallest absolute Gasteiger partial charge is 0.315 e. The highest BCUT2D eigenvalue weighted by atomic mass is 16.7. The van der Waals surface area contributed by atoms with Crippen LogP contribution in [0.25, 0.3) is 0 Å². The van der Waals surface area contributed by atoms with E-state index in [2.05, 4.69) is 15.5 Å². The van der Waals surface area contributed by atoms with E-state index in [1.54, 1.807) is 0 Å². The monoisotopic (exact) mass is 339 g/mol. The fourth-order valence-corrected chi connectivity index (χ4v) is 2.50. The molecule has 7 heteroatoms. The topological polar surface area (TPSA) is 78.6 Å². The maximum Gasteiger partial charge on any atom is 0.315 e. The van der Waals surface area contributed by atoms with Crippen LogP contribution in [0.2, 0.25) is 0 Å². The van der Waals surface area contributed by atoms with E-state index in [1.807, 2.05) is 48.5 Å². The summed E-state index contributed by atoms with van der Waals surface area (Å²) in [6.07, 6.45) is 0.543. The third-order valence-electron chi connectivity index (χ3n) is 3.70. The van der Waals surface area contributed by atoms with Gasteiger partial charge >= 0.3 is 6.01 Å². The van der Waals surface area contributed by atoms with Gasteiger partial charge in [-0.1, -0.05) is 35.4 Å². The second-order valence-electron chi connectivity index (χ2n) is 5.42. The molecule has 0 saturated carbocycles. The van der Waals surface area contributed by atoms with Crippen molar-refractivity contribution in [3.63, 3.8) is 0 Å². The summed E-state index contributed by atoms with van der Waals surface area (Å²) in [4.78, 5) is 0. The van der Waals surface area contributed by atoms with Crippen LogP contribution in [0.4, 0.5) is 6.01 Å². The Morgan fingerprint density at radius 3 is 2.84 bits per heavy atom. The van der Waals surface area contributed by atoms with Crippen molar-refractivity contribution in [1.82, 2.24) is 10.2 Å². The average Bonchev–Trinajstić information content (AvgIpc) is 3.30. The SMILES string of the molecule is c1ccc(OCCc2nnc(NCc3cccc4c3OCO4)o2)cc1. The Bertz CT molecular complexity index is 835. The predicted molar refractivity (Wildman–Crippen MR) is 89.8 cm³/mol. The first-order chi connectivity index (χ1) is 12.4. The Morgan fingerprint density at radius 1 is 1.00 bits per heavy atom. The number of aromatic nitrogens is 2. The van der Waals surface area contributed by atoms with E-state index in [0.717, 1.165) is 22.8 Å². The average molecular weight is 339 g/mol. The maximum atomic E-state index is 5.62. The summed E-state index contributed by atoms with van der Waals surface area (Å²) < 4.78 is 22.0. The Kier molecular flexibility index (Phi) is 4.37. The first-order valence-electron chi connectivity index (χ1n) is 8.00. The van der Waals surface area contributed by atoms with E-state index in [1.165, 1.54) is 0 Å². The highest BCUT2D eigenvalue weighted by molar-refractivity contribution is 5.49. The molecule has 0 amide bonds. The number of nitrogens with zero attached hydrogens (tertiary/aromatic N) is 2. The summed E-state index contributed by atoms with van der Waals surface area (Å²) in [5.74, 6) is 2.85. The molecule has 0 bridgehead atoms. The van der Waals surface area contributed by atoms with Crippen LogP contribution in [-0.2, 0) is 13.0 Å². The molecule has 128 valence electrons. The van der Waals surface area contributed by atoms with Crippen LogP contribution in [0, 0.1) is 0 Å². The van der Waals surface area contributed by atoms with Crippen molar-refractivity contribution in [1.29, 1.82) is 0 Å². The quantitative estimate of drug-likeness (QED) is 0.709. The normalized spacial score (nSPS) is 12.2. The second kappa shape index (κ2) is 7.12. The van der Waals surface area contributed by atoms with Gasteiger partial charge in [0.2, 0.25) is 12.7 Å². The fraction of sp³-hybridized carbons (Fsp3) is 0.222. The van der Waals surface area contributed by atoms with E-state index in [-0.39, 0.29) is 6.79 Å². The minimum Gasteiger partial charge on any atom is -0.493 e. The van der Waals surface area contributed by atoms with E-state index in [9.17, 15) is 0 Å². The van der Waals surface area contributed by atoms with Crippen LogP contribution >= 0.6 is 0 Å². The van der Waals surface area contributed by atoms with Gasteiger partial charge in [-0.3, -0.25) is 0 Å². The van der Waals surface area contributed by atoms with Crippen molar-refractivity contribution in [2.75, 3.05) is 18.7 Å². The van der Waals surface area contributed by atoms with Crippen LogP contribution in [-0.4, -0.2) is 23.6 Å². The van der Waals surface area contributed by atoms with Crippen LogP contribution in [0.5, 0.6) is 17.2 Å². The van der Waals surface area contributed by atoms with Gasteiger partial charge in [-0.2, -0.15) is 0 Å². The van der Waals surface area contributed by atoms with Gasteiger partial charge in [0, 0.05) is 12.1 Å². The van der Waals surface area contributed by atoms with Gasteiger partial charge in [-0.25, -0.2) is 0 Å². The standard InChI is InChI=1S/C18H17N3O4/c1-2-6-14(7-3-1)22-10-9-16-20-21-18(25-16)19-11-13-5-4-8-15-17(13)24-12-23-15/h1-8H,9-12H2,(H,19,21). The Morgan fingerprint density at radius 2 is 1.92 bits per heavy atom. The summed E-state index contributed by atoms with van der Waals surface area (Å²) in [5.41, 5.74) is 0.974. The molecule has 2 aromatic carbocycles. The van der Waals surface area contributed by atoms with Crippen molar-refractivity contribution in [2.45, 2.75) is 13.0 Å². The fourth-order valence-electron chi connectivity index (χ4n) is 2.50. The molecule has 3 aromatic rings. The minimum atomic E-state index is 0.248. The third kappa shape index (κ3) is 3.65. The molecule has 0 aliphatic carbocycles. The minimum absolute atomic E-state index is 0.248. The molecule has 0 unspecified atom stereocenters. The van der Waals surface area contributed by atoms with Gasteiger partial charge in [0.15, 0.2) is 11.5 Å². The molecule has 4 rings (SSSR count). The maximum absolute atomic E-state index is 5.62. The molecule has 0 spiro atoms. The molecule has 1 N–H and O–H groups in total. The zero-order valence-corrected chi connectivity index (χ0v) is 13.5. The van der Waals surface area contributed by atoms with Crippen molar-refractivity contribution in [2.24, 2.45) is 0 Å². The molecule has 0 saturated heterocycles. The molecule has 2 heterocycles. The van der Waals surface area contributed by atoms with Gasteiger partial charge in [-0.15, -0.1) is 5.10 Å². The molecule has 1 aromatic heterocycles. The molecule has 25 heavy (non-hydrogen) atoms. The summed E-state index contributed by atoms with van der Waals surface area (Å²) in [7, 11) is 0. The van der Waals surface area contributed by atoms with Crippen molar-refractivity contribution in [3.8, 4) is 17.2 Å². The molecule has 0 atom stereocenters. The van der Waals surface area contributed by atoms with Gasteiger partial charge in [0.1, 0.15) is 5.75 Å². The van der Waals surface area contributed by atoms with Gasteiger partial charge < -0.3 is 23.9 Å². The van der Waals surface area contributed by atoms with E-state index in [4.69, 9.17) is 18.6 Å². The lowest BCUT2D eigenvalue weighted by atomic mass is 10.2. The first-order valence-corrected chi connectivity index (χ1v) is 8.00. The summed E-state index contributed by atoms with van der Waals surface area (Å²) in [6.45, 7) is 1.23. The van der Waals surface area contributed by atoms with E-state index in [0.29, 0.717) is 31.5 Å². The highest BCUT2D eigenvalue weighted by Gasteiger charge is 2.17. The third-order valence-corrected chi connectivity index (χ3v) is 3.70. The molecule has 1 aliphatic heterocycles. The number of fused-ring (bicyclic) bond motifs is 1. The number of hydrogen-bond acceptors (Lipinski definition) is 7. The van der Waals surface area contributed by atoms with Crippen LogP contribution < -0.4 is 19.5 Å². The van der Waals surface area contributed by atoms with Crippen LogP contribution in [0.15, 0.2) is 52.9 Å². The number of ether oxygens (including phenoxy) is 3. The lowest BCUT2D eigenvalue weighted by molar-refractivity contribution is 0.173. The van der Waals surface area contributed by atoms with E-state index >= 15 is 0 Å². The van der Waals surface area contributed by atoms with Gasteiger partial charge in [-0.05, 0) is 18.2 Å². The molecular weight excluding hydrogens is 322 g/mol. The molecule has 1 aliphatic rings. The van der Waals surface area contributed by atoms with Gasteiger partial charge in [0.05, 0.1) is 13.0 Å². The highest BCUT2D eigenvalue weighted by Crippen LogP contribution is 2.35. The molecule has 0 fully saturated rings. The Hall–Kier alpha value is -3.22.